The zero-order valence-corrected chi connectivity index (χ0v) is 54.1. The fourth-order valence-electron chi connectivity index (χ4n) is 11.0. The maximum atomic E-state index is 12.7. The molecule has 0 bridgehead atoms. The van der Waals surface area contributed by atoms with Gasteiger partial charge in [0.1, 0.15) is 54.9 Å². The van der Waals surface area contributed by atoms with E-state index < -0.39 is 304 Å². The van der Waals surface area contributed by atoms with Crippen molar-refractivity contribution in [3.05, 3.63) is 11.8 Å². The molecule has 47 nitrogen and oxygen atoms in total. The topological polar surface area (TPSA) is 720 Å². The minimum atomic E-state index is -5.68. The molecule has 0 radical (unpaired) electrons. The van der Waals surface area contributed by atoms with Crippen LogP contribution in [0.15, 0.2) is 11.8 Å². The number of carboxylic acid groups (broad SMARTS) is 2. The van der Waals surface area contributed by atoms with Crippen molar-refractivity contribution in [1.29, 1.82) is 0 Å². The highest BCUT2D eigenvalue weighted by Crippen LogP contribution is 2.39. The summed E-state index contributed by atoms with van der Waals surface area (Å²) in [6, 6.07) is 0. The average Bonchev–Trinajstić information content (AvgIpc) is 0.797. The Kier molecular flexibility index (Phi) is 28.1. The van der Waals surface area contributed by atoms with Crippen LogP contribution in [0, 0.1) is 29.6 Å². The standard InChI is InChI=1S/C43H70O47S6/c1-13-16(18(26(45)24(81-13)11-79-91(56,57)58)8-77-42-36(89-95(68,69)70)31(50)33(14(2)82-42)87-93(62,63)64)6-75-40-29(48)20(28(47)35(86-40)39(54)55)5-74-10-23-17(7-76-41-30(49)21(44)4-22(85-41)38(52)53)19(27(46)25(84-23)12-80-92(59,60)61)9-78-43-37(90-96(71,72)73)32(51)34(15(3)83-43)88-94(65,66)67/h4,13-21,23-37,40-51H,5-12H2,1-3H3,(H,52,53)(H,54,55)(H,56,57,58)(H,59,60,61)(H,62,63,64)(H,65,66,67)(H,68,69,70)(H,71,72,73)/t13?,14?,15?,16?,17?,18?,19?,20?,21?,23-,24?,25?,26+,27+,28+,29?,30?,31?,32?,33-,34-,35?,36?,37?,40-,41-,42-,43-/m1/s1. The second kappa shape index (κ2) is 33.0. The molecule has 16 N–H and O–H groups in total. The number of hydrogen-bond acceptors (Lipinski definition) is 39. The van der Waals surface area contributed by atoms with Crippen molar-refractivity contribution in [3.8, 4) is 0 Å². The third kappa shape index (κ3) is 23.0. The van der Waals surface area contributed by atoms with Gasteiger partial charge in [-0.1, -0.05) is 0 Å². The number of rotatable bonds is 32. The average molecular weight is 1530 g/mol. The number of ether oxygens (including phenoxy) is 11. The van der Waals surface area contributed by atoms with Gasteiger partial charge in [-0.2, -0.15) is 50.5 Å². The molecule has 0 spiro atoms. The molecule has 53 heteroatoms. The van der Waals surface area contributed by atoms with Gasteiger partial charge in [0.2, 0.25) is 12.0 Å². The van der Waals surface area contributed by atoms with E-state index in [1.807, 2.05) is 0 Å². The minimum Gasteiger partial charge on any atom is -0.479 e. The first-order chi connectivity index (χ1) is 44.0. The molecule has 28 atom stereocenters. The Bertz CT molecular complexity index is 3360. The molecule has 0 amide bonds. The second-order valence-electron chi connectivity index (χ2n) is 22.1. The zero-order valence-electron chi connectivity index (χ0n) is 49.2. The molecule has 0 aromatic heterocycles. The van der Waals surface area contributed by atoms with E-state index in [2.05, 4.69) is 25.1 Å². The molecule has 6 aliphatic heterocycles. The third-order valence-corrected chi connectivity index (χ3v) is 18.3. The Morgan fingerprint density at radius 2 is 0.792 bits per heavy atom. The van der Waals surface area contributed by atoms with Gasteiger partial charge < -0.3 is 103 Å². The summed E-state index contributed by atoms with van der Waals surface area (Å²) in [6.07, 6.45) is -48.1. The number of aliphatic hydroxyl groups is 8. The van der Waals surface area contributed by atoms with E-state index in [-0.39, 0.29) is 0 Å². The van der Waals surface area contributed by atoms with E-state index in [9.17, 15) is 138 Å². The van der Waals surface area contributed by atoms with Crippen LogP contribution in [-0.4, -0.2) is 335 Å². The number of hydrogen-bond donors (Lipinski definition) is 16. The summed E-state index contributed by atoms with van der Waals surface area (Å²) in [4.78, 5) is 24.5. The van der Waals surface area contributed by atoms with Crippen molar-refractivity contribution in [1.82, 2.24) is 0 Å². The summed E-state index contributed by atoms with van der Waals surface area (Å²) >= 11 is 0. The molecule has 96 heavy (non-hydrogen) atoms. The third-order valence-electron chi connectivity index (χ3n) is 15.6. The predicted octanol–water partition coefficient (Wildman–Crippen LogP) is -9.39. The fourth-order valence-corrected chi connectivity index (χ4v) is 13.7. The van der Waals surface area contributed by atoms with Gasteiger partial charge in [0.05, 0.1) is 95.6 Å². The van der Waals surface area contributed by atoms with Gasteiger partial charge in [0, 0.05) is 29.6 Å². The van der Waals surface area contributed by atoms with Gasteiger partial charge >= 0.3 is 74.3 Å². The van der Waals surface area contributed by atoms with Crippen LogP contribution in [0.4, 0.5) is 0 Å². The minimum absolute atomic E-state index is 0.569. The molecule has 18 unspecified atom stereocenters. The van der Waals surface area contributed by atoms with Crippen LogP contribution in [0.5, 0.6) is 0 Å². The first-order valence-corrected chi connectivity index (χ1v) is 35.7. The van der Waals surface area contributed by atoms with Crippen LogP contribution < -0.4 is 0 Å². The fraction of sp³-hybridized carbons (Fsp3) is 0.907. The first kappa shape index (κ1) is 81.9. The van der Waals surface area contributed by atoms with Gasteiger partial charge in [-0.05, 0) is 26.8 Å². The van der Waals surface area contributed by atoms with Crippen LogP contribution >= 0.6 is 0 Å². The normalized spacial score (nSPS) is 40.1. The summed E-state index contributed by atoms with van der Waals surface area (Å²) in [5, 5.41) is 110. The van der Waals surface area contributed by atoms with E-state index in [4.69, 9.17) is 52.1 Å². The van der Waals surface area contributed by atoms with Crippen LogP contribution in [0.25, 0.3) is 0 Å². The van der Waals surface area contributed by atoms with Gasteiger partial charge in [-0.15, -0.1) is 0 Å². The highest BCUT2D eigenvalue weighted by molar-refractivity contribution is 7.82. The van der Waals surface area contributed by atoms with Gasteiger partial charge in [-0.3, -0.25) is 27.3 Å². The van der Waals surface area contributed by atoms with Crippen LogP contribution in [-0.2, 0) is 149 Å². The van der Waals surface area contributed by atoms with Crippen molar-refractivity contribution in [2.75, 3.05) is 52.9 Å². The predicted molar refractivity (Wildman–Crippen MR) is 289 cm³/mol. The van der Waals surface area contributed by atoms with E-state index in [1.54, 1.807) is 0 Å². The zero-order chi connectivity index (χ0) is 72.3. The molecule has 5 fully saturated rings. The largest absolute Gasteiger partial charge is 0.479 e. The molecule has 6 rings (SSSR count). The lowest BCUT2D eigenvalue weighted by molar-refractivity contribution is -0.306. The molecular weight excluding hydrogens is 1460 g/mol. The van der Waals surface area contributed by atoms with Crippen LogP contribution in [0.3, 0.4) is 0 Å². The lowest BCUT2D eigenvalue weighted by atomic mass is 9.79. The van der Waals surface area contributed by atoms with E-state index in [0.29, 0.717) is 6.08 Å². The Hall–Kier alpha value is -3.02. The molecule has 0 aromatic rings. The molecule has 0 aromatic carbocycles. The smallest absolute Gasteiger partial charge is 0.397 e. The first-order valence-electron chi connectivity index (χ1n) is 27.5. The SMILES string of the molecule is CC1OC(COS(=O)(=O)O)[C@@H](O)C(CO[C@@H]2OC(C)[C@@H](OS(=O)(=O)O)C(O)C2OS(=O)(=O)O)C1CO[C@@H]1OC(C(=O)O)[C@@H](O)C(COC[C@H]2OC(COS(=O)(=O)O)[C@@H](O)C(CO[C@@H]3OC(C)[C@@H](OS(=O)(=O)O)C(O)C3OS(=O)(=O)O)C2CO[C@@H]2OC(C(=O)O)=CC(O)C2O)C1O. The Labute approximate surface area is 544 Å². The van der Waals surface area contributed by atoms with E-state index in [1.165, 1.54) is 6.92 Å². The van der Waals surface area contributed by atoms with Crippen molar-refractivity contribution in [3.63, 3.8) is 0 Å². The quantitative estimate of drug-likeness (QED) is 0.0278. The van der Waals surface area contributed by atoms with E-state index >= 15 is 0 Å². The molecule has 0 saturated carbocycles. The maximum Gasteiger partial charge on any atom is 0.397 e. The van der Waals surface area contributed by atoms with Gasteiger partial charge in [-0.25, -0.2) is 34.7 Å². The summed E-state index contributed by atoms with van der Waals surface area (Å²) in [5.74, 6) is -13.0. The van der Waals surface area contributed by atoms with Crippen LogP contribution in [0.2, 0.25) is 0 Å². The molecule has 5 saturated heterocycles. The van der Waals surface area contributed by atoms with E-state index in [0.717, 1.165) is 13.8 Å². The summed E-state index contributed by atoms with van der Waals surface area (Å²) in [6.45, 7) is -5.19. The van der Waals surface area contributed by atoms with Gasteiger partial charge in [0.25, 0.3) is 0 Å². The molecule has 0 aliphatic carbocycles. The Balaban J connectivity index is 1.29. The number of aliphatic carboxylic acids is 2. The van der Waals surface area contributed by atoms with Crippen molar-refractivity contribution < 1.29 is 216 Å². The Morgan fingerprint density at radius 1 is 0.385 bits per heavy atom. The van der Waals surface area contributed by atoms with Crippen LogP contribution in [0.1, 0.15) is 20.8 Å². The Morgan fingerprint density at radius 3 is 1.23 bits per heavy atom. The lowest BCUT2D eigenvalue weighted by Crippen LogP contribution is -2.61. The summed E-state index contributed by atoms with van der Waals surface area (Å²) in [7, 11) is -32.8. The number of carboxylic acids is 2. The monoisotopic (exact) mass is 1530 g/mol. The molecule has 560 valence electrons. The molecule has 6 heterocycles. The molecule has 6 aliphatic rings. The number of carbonyl (C=O) groups is 2. The van der Waals surface area contributed by atoms with Crippen molar-refractivity contribution in [2.24, 2.45) is 29.6 Å². The maximum absolute atomic E-state index is 12.7. The highest BCUT2D eigenvalue weighted by Gasteiger charge is 2.55. The van der Waals surface area contributed by atoms with Crippen molar-refractivity contribution >= 4 is 74.3 Å². The lowest BCUT2D eigenvalue weighted by Gasteiger charge is -2.47. The molecular formula is C43H70O47S6. The summed E-state index contributed by atoms with van der Waals surface area (Å²) < 4.78 is 286. The second-order valence-corrected chi connectivity index (χ2v) is 28.5. The highest BCUT2D eigenvalue weighted by atomic mass is 32.3. The van der Waals surface area contributed by atoms with Crippen molar-refractivity contribution in [2.45, 2.75) is 162 Å². The summed E-state index contributed by atoms with van der Waals surface area (Å²) in [5.41, 5.74) is 0. The van der Waals surface area contributed by atoms with Gasteiger partial charge in [0.15, 0.2) is 37.2 Å². The number of aliphatic hydroxyl groups excluding tert-OH is 8.